The summed E-state index contributed by atoms with van der Waals surface area (Å²) in [5.41, 5.74) is 1.89. The maximum atomic E-state index is 12.2. The third-order valence-corrected chi connectivity index (χ3v) is 5.27. The summed E-state index contributed by atoms with van der Waals surface area (Å²) in [6.45, 7) is 0.0887. The van der Waals surface area contributed by atoms with Crippen LogP contribution in [0.2, 0.25) is 0 Å². The van der Waals surface area contributed by atoms with Gasteiger partial charge in [0.25, 0.3) is 11.7 Å². The maximum Gasteiger partial charge on any atom is 0.338 e. The van der Waals surface area contributed by atoms with Crippen LogP contribution in [0.4, 0.5) is 5.69 Å². The van der Waals surface area contributed by atoms with Gasteiger partial charge in [-0.25, -0.2) is 4.79 Å². The van der Waals surface area contributed by atoms with Gasteiger partial charge < -0.3 is 24.3 Å². The fraction of sp³-hybridized carbons (Fsp3) is 0.391. The average molecular weight is 411 g/mol. The first-order valence-electron chi connectivity index (χ1n) is 10.1. The molecule has 1 aliphatic carbocycles. The quantitative estimate of drug-likeness (QED) is 0.722. The molecule has 158 valence electrons. The Balaban J connectivity index is 1.30. The molecule has 2 aliphatic rings. The second kappa shape index (κ2) is 8.75. The molecular formula is C23H25NO6. The Morgan fingerprint density at radius 2 is 1.73 bits per heavy atom. The zero-order valence-corrected chi connectivity index (χ0v) is 16.9. The van der Waals surface area contributed by atoms with Crippen LogP contribution < -0.4 is 14.8 Å². The zero-order chi connectivity index (χ0) is 21.0. The van der Waals surface area contributed by atoms with Crippen molar-refractivity contribution in [1.82, 2.24) is 0 Å². The van der Waals surface area contributed by atoms with Crippen LogP contribution in [-0.2, 0) is 20.9 Å². The number of amides is 1. The van der Waals surface area contributed by atoms with Crippen LogP contribution in [0, 0.1) is 0 Å². The average Bonchev–Trinajstić information content (AvgIpc) is 3.09. The molecule has 0 radical (unpaired) electrons. The van der Waals surface area contributed by atoms with Gasteiger partial charge in [-0.1, -0.05) is 18.6 Å². The number of esters is 1. The lowest BCUT2D eigenvalue weighted by Crippen LogP contribution is -2.40. The van der Waals surface area contributed by atoms with Crippen molar-refractivity contribution in [3.05, 3.63) is 53.6 Å². The van der Waals surface area contributed by atoms with E-state index in [1.807, 2.05) is 0 Å². The van der Waals surface area contributed by atoms with Crippen molar-refractivity contribution in [2.75, 3.05) is 19.0 Å². The molecule has 0 atom stereocenters. The van der Waals surface area contributed by atoms with Gasteiger partial charge in [-0.15, -0.1) is 0 Å². The Hall–Kier alpha value is -3.06. The predicted molar refractivity (Wildman–Crippen MR) is 110 cm³/mol. The molecular weight excluding hydrogens is 386 g/mol. The summed E-state index contributed by atoms with van der Waals surface area (Å²) >= 11 is 0. The van der Waals surface area contributed by atoms with Gasteiger partial charge in [-0.05, 0) is 42.7 Å². The number of carbonyl (C=O) groups excluding carboxylic acids is 2. The minimum atomic E-state index is -0.558. The van der Waals surface area contributed by atoms with E-state index in [1.54, 1.807) is 49.6 Å². The smallest absolute Gasteiger partial charge is 0.338 e. The molecule has 1 heterocycles. The first-order chi connectivity index (χ1) is 14.6. The number of carbonyl (C=O) groups is 2. The van der Waals surface area contributed by atoms with Crippen LogP contribution in [0.5, 0.6) is 11.5 Å². The summed E-state index contributed by atoms with van der Waals surface area (Å²) in [6.07, 6.45) is 5.09. The minimum absolute atomic E-state index is 0.378. The van der Waals surface area contributed by atoms with Gasteiger partial charge in [-0.3, -0.25) is 4.79 Å². The summed E-state index contributed by atoms with van der Waals surface area (Å²) in [5.74, 6) is -0.219. The molecule has 2 aromatic rings. The number of benzene rings is 2. The van der Waals surface area contributed by atoms with Crippen LogP contribution in [0.25, 0.3) is 0 Å². The SMILES string of the molecule is COCc1ccc(C(=O)OCC(=O)Nc2ccc3c(c2)OC2(CCCCC2)O3)cc1. The number of anilines is 1. The molecule has 0 aromatic heterocycles. The van der Waals surface area contributed by atoms with E-state index in [4.69, 9.17) is 18.9 Å². The highest BCUT2D eigenvalue weighted by Gasteiger charge is 2.42. The van der Waals surface area contributed by atoms with Gasteiger partial charge in [0.2, 0.25) is 0 Å². The molecule has 0 saturated heterocycles. The number of methoxy groups -OCH3 is 1. The monoisotopic (exact) mass is 411 g/mol. The Morgan fingerprint density at radius 1 is 1.00 bits per heavy atom. The van der Waals surface area contributed by atoms with Crippen LogP contribution in [0.3, 0.4) is 0 Å². The van der Waals surface area contributed by atoms with Gasteiger partial charge in [0.1, 0.15) is 0 Å². The highest BCUT2D eigenvalue weighted by Crippen LogP contribution is 2.46. The molecule has 1 N–H and O–H groups in total. The molecule has 2 aromatic carbocycles. The highest BCUT2D eigenvalue weighted by atomic mass is 16.7. The number of rotatable bonds is 6. The third kappa shape index (κ3) is 4.57. The number of fused-ring (bicyclic) bond motifs is 1. The summed E-state index contributed by atoms with van der Waals surface area (Å²) < 4.78 is 22.3. The van der Waals surface area contributed by atoms with E-state index in [9.17, 15) is 9.59 Å². The van der Waals surface area contributed by atoms with E-state index in [1.165, 1.54) is 6.42 Å². The van der Waals surface area contributed by atoms with Crippen molar-refractivity contribution in [3.8, 4) is 11.5 Å². The summed E-state index contributed by atoms with van der Waals surface area (Å²) in [6, 6.07) is 12.1. The van der Waals surface area contributed by atoms with Crippen molar-refractivity contribution in [2.45, 2.75) is 44.5 Å². The van der Waals surface area contributed by atoms with Crippen LogP contribution in [0.15, 0.2) is 42.5 Å². The maximum absolute atomic E-state index is 12.2. The second-order valence-electron chi connectivity index (χ2n) is 7.59. The second-order valence-corrected chi connectivity index (χ2v) is 7.59. The molecule has 30 heavy (non-hydrogen) atoms. The first kappa shape index (κ1) is 20.2. The molecule has 4 rings (SSSR count). The normalized spacial score (nSPS) is 16.3. The minimum Gasteiger partial charge on any atom is -0.452 e. The van der Waals surface area contributed by atoms with E-state index in [2.05, 4.69) is 5.32 Å². The van der Waals surface area contributed by atoms with Gasteiger partial charge >= 0.3 is 5.97 Å². The molecule has 1 spiro atoms. The third-order valence-electron chi connectivity index (χ3n) is 5.27. The van der Waals surface area contributed by atoms with Gasteiger partial charge in [-0.2, -0.15) is 0 Å². The Kier molecular flexibility index (Phi) is 5.90. The largest absolute Gasteiger partial charge is 0.452 e. The van der Waals surface area contributed by atoms with Crippen LogP contribution >= 0.6 is 0 Å². The summed E-state index contributed by atoms with van der Waals surface area (Å²) in [4.78, 5) is 24.3. The number of hydrogen-bond donors (Lipinski definition) is 1. The highest BCUT2D eigenvalue weighted by molar-refractivity contribution is 5.95. The number of ether oxygens (including phenoxy) is 4. The molecule has 7 heteroatoms. The van der Waals surface area contributed by atoms with Crippen LogP contribution in [0.1, 0.15) is 48.0 Å². The van der Waals surface area contributed by atoms with Gasteiger partial charge in [0.05, 0.1) is 12.2 Å². The molecule has 1 fully saturated rings. The van der Waals surface area contributed by atoms with E-state index in [0.717, 1.165) is 31.2 Å². The van der Waals surface area contributed by atoms with E-state index >= 15 is 0 Å². The number of nitrogens with one attached hydrogen (secondary N) is 1. The van der Waals surface area contributed by atoms with Crippen molar-refractivity contribution in [2.24, 2.45) is 0 Å². The topological polar surface area (TPSA) is 83.1 Å². The fourth-order valence-corrected chi connectivity index (χ4v) is 3.78. The molecule has 1 saturated carbocycles. The fourth-order valence-electron chi connectivity index (χ4n) is 3.78. The molecule has 0 unspecified atom stereocenters. The van der Waals surface area contributed by atoms with Crippen molar-refractivity contribution >= 4 is 17.6 Å². The lowest BCUT2D eigenvalue weighted by atomic mass is 9.94. The number of hydrogen-bond acceptors (Lipinski definition) is 6. The molecule has 0 bridgehead atoms. The van der Waals surface area contributed by atoms with Crippen molar-refractivity contribution < 1.29 is 28.5 Å². The van der Waals surface area contributed by atoms with Crippen molar-refractivity contribution in [1.29, 1.82) is 0 Å². The Bertz CT molecular complexity index is 918. The molecule has 1 aliphatic heterocycles. The predicted octanol–water partition coefficient (Wildman–Crippen LogP) is 4.06. The Morgan fingerprint density at radius 3 is 2.47 bits per heavy atom. The molecule has 1 amide bonds. The standard InChI is InChI=1S/C23H25NO6/c1-27-14-16-5-7-17(8-6-16)22(26)28-15-21(25)24-18-9-10-19-20(13-18)30-23(29-19)11-3-2-4-12-23/h5-10,13H,2-4,11-12,14-15H2,1H3,(H,24,25). The zero-order valence-electron chi connectivity index (χ0n) is 16.9. The first-order valence-corrected chi connectivity index (χ1v) is 10.1. The van der Waals surface area contributed by atoms with E-state index in [0.29, 0.717) is 29.4 Å². The molecule has 7 nitrogen and oxygen atoms in total. The van der Waals surface area contributed by atoms with Gasteiger partial charge in [0.15, 0.2) is 18.1 Å². The summed E-state index contributed by atoms with van der Waals surface area (Å²) in [7, 11) is 1.61. The van der Waals surface area contributed by atoms with E-state index < -0.39 is 17.7 Å². The lowest BCUT2D eigenvalue weighted by molar-refractivity contribution is -0.119. The van der Waals surface area contributed by atoms with Crippen molar-refractivity contribution in [3.63, 3.8) is 0 Å². The van der Waals surface area contributed by atoms with Gasteiger partial charge in [0, 0.05) is 31.7 Å². The van der Waals surface area contributed by atoms with E-state index in [-0.39, 0.29) is 6.61 Å². The Labute approximate surface area is 175 Å². The lowest BCUT2D eigenvalue weighted by Gasteiger charge is -2.31. The van der Waals surface area contributed by atoms with Crippen LogP contribution in [-0.4, -0.2) is 31.4 Å². The summed E-state index contributed by atoms with van der Waals surface area (Å²) in [5, 5.41) is 2.73.